The average Bonchev–Trinajstić information content (AvgIpc) is 2.37. The highest BCUT2D eigenvalue weighted by Crippen LogP contribution is 2.22. The van der Waals surface area contributed by atoms with E-state index in [1.165, 1.54) is 24.3 Å². The number of nitrogens with one attached hydrogen (secondary N) is 1. The normalized spacial score (nSPS) is 10.2. The van der Waals surface area contributed by atoms with Gasteiger partial charge in [-0.15, -0.1) is 0 Å². The molecular weight excluding hydrogens is 315 g/mol. The number of anilines is 1. The Morgan fingerprint density at radius 1 is 1.19 bits per heavy atom. The van der Waals surface area contributed by atoms with Crippen LogP contribution in [0.3, 0.4) is 0 Å². The Kier molecular flexibility index (Phi) is 4.45. The van der Waals surface area contributed by atoms with Crippen LogP contribution in [0, 0.1) is 6.92 Å². The maximum atomic E-state index is 12.1. The van der Waals surface area contributed by atoms with E-state index in [0.717, 1.165) is 0 Å². The number of carbonyl (C=O) groups excluding carboxylic acids is 1. The van der Waals surface area contributed by atoms with E-state index in [1.807, 2.05) is 0 Å². The molecule has 0 bridgehead atoms. The number of hydrogen-bond donors (Lipinski definition) is 2. The molecule has 108 valence electrons. The third kappa shape index (κ3) is 3.71. The smallest absolute Gasteiger partial charge is 0.337 e. The van der Waals surface area contributed by atoms with Crippen molar-refractivity contribution >= 4 is 40.8 Å². The maximum absolute atomic E-state index is 12.1. The van der Waals surface area contributed by atoms with E-state index in [2.05, 4.69) is 10.3 Å². The number of nitrogens with zero attached hydrogens (tertiary/aromatic N) is 1. The van der Waals surface area contributed by atoms with Crippen LogP contribution in [0.2, 0.25) is 10.2 Å². The van der Waals surface area contributed by atoms with Crippen molar-refractivity contribution in [2.24, 2.45) is 0 Å². The predicted octanol–water partition coefficient (Wildman–Crippen LogP) is 3.65. The quantitative estimate of drug-likeness (QED) is 0.844. The van der Waals surface area contributed by atoms with E-state index in [1.54, 1.807) is 13.0 Å². The highest BCUT2D eigenvalue weighted by atomic mass is 35.5. The second-order valence-electron chi connectivity index (χ2n) is 4.27. The molecule has 0 spiro atoms. The number of rotatable bonds is 3. The van der Waals surface area contributed by atoms with Gasteiger partial charge in [-0.3, -0.25) is 4.79 Å². The number of aromatic nitrogens is 1. The monoisotopic (exact) mass is 324 g/mol. The molecule has 21 heavy (non-hydrogen) atoms. The van der Waals surface area contributed by atoms with Crippen molar-refractivity contribution in [1.29, 1.82) is 0 Å². The Balaban J connectivity index is 2.23. The molecule has 1 aromatic heterocycles. The standard InChI is InChI=1S/C14H10Cl2N2O3/c1-7-4-8(5-12(16)17-7)13(19)18-9-2-3-10(14(20)21)11(15)6-9/h2-6H,1H3,(H,18,19)(H,20,21). The zero-order valence-electron chi connectivity index (χ0n) is 10.9. The average molecular weight is 325 g/mol. The van der Waals surface area contributed by atoms with Crippen molar-refractivity contribution in [3.63, 3.8) is 0 Å². The Morgan fingerprint density at radius 2 is 1.90 bits per heavy atom. The summed E-state index contributed by atoms with van der Waals surface area (Å²) in [4.78, 5) is 26.9. The molecule has 0 aliphatic carbocycles. The Hall–Kier alpha value is -2.11. The first-order valence-electron chi connectivity index (χ1n) is 5.85. The number of carboxylic acids is 1. The molecule has 0 fully saturated rings. The second kappa shape index (κ2) is 6.11. The van der Waals surface area contributed by atoms with E-state index in [0.29, 0.717) is 16.9 Å². The molecule has 0 radical (unpaired) electrons. The minimum atomic E-state index is -1.13. The largest absolute Gasteiger partial charge is 0.478 e. The van der Waals surface area contributed by atoms with Crippen molar-refractivity contribution < 1.29 is 14.7 Å². The van der Waals surface area contributed by atoms with Crippen LogP contribution in [0.4, 0.5) is 5.69 Å². The second-order valence-corrected chi connectivity index (χ2v) is 5.07. The predicted molar refractivity (Wildman–Crippen MR) is 80.3 cm³/mol. The van der Waals surface area contributed by atoms with Gasteiger partial charge in [0.1, 0.15) is 5.15 Å². The van der Waals surface area contributed by atoms with E-state index < -0.39 is 5.97 Å². The molecule has 1 heterocycles. The summed E-state index contributed by atoms with van der Waals surface area (Å²) in [6.07, 6.45) is 0. The molecule has 0 aliphatic rings. The first kappa shape index (κ1) is 15.3. The first-order chi connectivity index (χ1) is 9.86. The fourth-order valence-corrected chi connectivity index (χ4v) is 2.24. The van der Waals surface area contributed by atoms with Crippen molar-refractivity contribution in [3.05, 3.63) is 57.3 Å². The van der Waals surface area contributed by atoms with Crippen molar-refractivity contribution in [2.75, 3.05) is 5.32 Å². The number of pyridine rings is 1. The number of amides is 1. The number of hydrogen-bond acceptors (Lipinski definition) is 3. The van der Waals surface area contributed by atoms with Crippen molar-refractivity contribution in [3.8, 4) is 0 Å². The van der Waals surface area contributed by atoms with Crippen LogP contribution >= 0.6 is 23.2 Å². The maximum Gasteiger partial charge on any atom is 0.337 e. The van der Waals surface area contributed by atoms with Gasteiger partial charge in [-0.05, 0) is 37.3 Å². The highest BCUT2D eigenvalue weighted by Gasteiger charge is 2.12. The molecule has 2 rings (SSSR count). The summed E-state index contributed by atoms with van der Waals surface area (Å²) in [6.45, 7) is 1.72. The minimum absolute atomic E-state index is 0.0301. The molecule has 1 amide bonds. The zero-order chi connectivity index (χ0) is 15.6. The number of halogens is 2. The molecule has 0 unspecified atom stereocenters. The molecule has 7 heteroatoms. The summed E-state index contributed by atoms with van der Waals surface area (Å²) in [5.41, 5.74) is 1.33. The number of aryl methyl sites for hydroxylation is 1. The van der Waals surface area contributed by atoms with Crippen molar-refractivity contribution in [1.82, 2.24) is 4.98 Å². The third-order valence-corrected chi connectivity index (χ3v) is 3.15. The SMILES string of the molecule is Cc1cc(C(=O)Nc2ccc(C(=O)O)c(Cl)c2)cc(Cl)n1. The van der Waals surface area contributed by atoms with Crippen LogP contribution in [0.25, 0.3) is 0 Å². The lowest BCUT2D eigenvalue weighted by Crippen LogP contribution is -2.12. The molecule has 0 saturated heterocycles. The number of carboxylic acid groups (broad SMARTS) is 1. The van der Waals surface area contributed by atoms with Gasteiger partial charge in [0.15, 0.2) is 0 Å². The molecule has 2 aromatic rings. The van der Waals surface area contributed by atoms with Crippen LogP contribution < -0.4 is 5.32 Å². The van der Waals surface area contributed by atoms with E-state index >= 15 is 0 Å². The first-order valence-corrected chi connectivity index (χ1v) is 6.61. The summed E-state index contributed by atoms with van der Waals surface area (Å²) in [6, 6.07) is 7.19. The van der Waals surface area contributed by atoms with Crippen LogP contribution in [0.1, 0.15) is 26.4 Å². The van der Waals surface area contributed by atoms with Crippen LogP contribution in [0.5, 0.6) is 0 Å². The van der Waals surface area contributed by atoms with Gasteiger partial charge in [-0.1, -0.05) is 23.2 Å². The molecular formula is C14H10Cl2N2O3. The fourth-order valence-electron chi connectivity index (χ4n) is 1.73. The number of benzene rings is 1. The Labute approximate surface area is 130 Å². The highest BCUT2D eigenvalue weighted by molar-refractivity contribution is 6.34. The Morgan fingerprint density at radius 3 is 2.48 bits per heavy atom. The van der Waals surface area contributed by atoms with Gasteiger partial charge in [0.05, 0.1) is 10.6 Å². The van der Waals surface area contributed by atoms with E-state index in [4.69, 9.17) is 28.3 Å². The number of aromatic carboxylic acids is 1. The molecule has 5 nitrogen and oxygen atoms in total. The van der Waals surface area contributed by atoms with Crippen LogP contribution in [-0.2, 0) is 0 Å². The molecule has 1 aromatic carbocycles. The van der Waals surface area contributed by atoms with Gasteiger partial charge in [-0.2, -0.15) is 0 Å². The van der Waals surface area contributed by atoms with Gasteiger partial charge in [0, 0.05) is 16.9 Å². The summed E-state index contributed by atoms with van der Waals surface area (Å²) < 4.78 is 0. The van der Waals surface area contributed by atoms with Crippen LogP contribution in [0.15, 0.2) is 30.3 Å². The van der Waals surface area contributed by atoms with E-state index in [9.17, 15) is 9.59 Å². The van der Waals surface area contributed by atoms with Crippen molar-refractivity contribution in [2.45, 2.75) is 6.92 Å². The Bertz CT molecular complexity index is 712. The molecule has 0 aliphatic heterocycles. The van der Waals surface area contributed by atoms with Gasteiger partial charge < -0.3 is 10.4 Å². The summed E-state index contributed by atoms with van der Waals surface area (Å²) >= 11 is 11.6. The van der Waals surface area contributed by atoms with E-state index in [-0.39, 0.29) is 21.6 Å². The lowest BCUT2D eigenvalue weighted by Gasteiger charge is -2.08. The van der Waals surface area contributed by atoms with Gasteiger partial charge in [0.2, 0.25) is 0 Å². The van der Waals surface area contributed by atoms with Gasteiger partial charge >= 0.3 is 5.97 Å². The van der Waals surface area contributed by atoms with Gasteiger partial charge in [-0.25, -0.2) is 9.78 Å². The third-order valence-electron chi connectivity index (χ3n) is 2.64. The summed E-state index contributed by atoms with van der Waals surface area (Å²) in [5.74, 6) is -1.52. The number of carbonyl (C=O) groups is 2. The fraction of sp³-hybridized carbons (Fsp3) is 0.0714. The lowest BCUT2D eigenvalue weighted by atomic mass is 10.2. The minimum Gasteiger partial charge on any atom is -0.478 e. The topological polar surface area (TPSA) is 79.3 Å². The van der Waals surface area contributed by atoms with Gasteiger partial charge in [0.25, 0.3) is 5.91 Å². The van der Waals surface area contributed by atoms with Crippen LogP contribution in [-0.4, -0.2) is 22.0 Å². The molecule has 0 atom stereocenters. The zero-order valence-corrected chi connectivity index (χ0v) is 12.4. The summed E-state index contributed by atoms with van der Waals surface area (Å²) in [5, 5.41) is 11.8. The summed E-state index contributed by atoms with van der Waals surface area (Å²) in [7, 11) is 0. The lowest BCUT2D eigenvalue weighted by molar-refractivity contribution is 0.0697. The molecule has 0 saturated carbocycles. The molecule has 2 N–H and O–H groups in total.